The molecule has 2 aromatic carbocycles. The van der Waals surface area contributed by atoms with Gasteiger partial charge in [-0.1, -0.05) is 36.4 Å². The van der Waals surface area contributed by atoms with Gasteiger partial charge in [0.2, 0.25) is 5.91 Å². The summed E-state index contributed by atoms with van der Waals surface area (Å²) < 4.78 is 45.6. The van der Waals surface area contributed by atoms with Crippen LogP contribution in [-0.4, -0.2) is 47.4 Å². The van der Waals surface area contributed by atoms with Crippen molar-refractivity contribution in [3.05, 3.63) is 76.3 Å². The smallest absolute Gasteiger partial charge is 0.416 e. The minimum atomic E-state index is -4.40. The number of para-hydroxylation sites is 1. The standard InChI is InChI=1S/C28H29F3N4O3S/c29-28(30,31)22-11-5-4-7-18(22)15-35-14-13-19(16-35)32-26(37)21-10-6-12-23-25(21)34-27(39-23)33-24(36)17-38-20-8-2-1-3-9-20/h1-5,7-9,11,19,21H,6,10,12-17H2,(H,32,37)(H,33,34,36). The Hall–Kier alpha value is -3.44. The van der Waals surface area contributed by atoms with Crippen LogP contribution in [0.5, 0.6) is 5.75 Å². The van der Waals surface area contributed by atoms with Gasteiger partial charge in [0.1, 0.15) is 5.75 Å². The van der Waals surface area contributed by atoms with Crippen LogP contribution in [0.25, 0.3) is 0 Å². The van der Waals surface area contributed by atoms with E-state index >= 15 is 0 Å². The van der Waals surface area contributed by atoms with Crippen LogP contribution in [0.1, 0.15) is 46.9 Å². The highest BCUT2D eigenvalue weighted by Crippen LogP contribution is 2.37. The molecule has 11 heteroatoms. The number of thiazole rings is 1. The third-order valence-electron chi connectivity index (χ3n) is 6.97. The topological polar surface area (TPSA) is 83.6 Å². The Morgan fingerprint density at radius 3 is 2.64 bits per heavy atom. The van der Waals surface area contributed by atoms with Crippen molar-refractivity contribution >= 4 is 28.3 Å². The SMILES string of the molecule is O=C(COc1ccccc1)Nc1nc2c(s1)CCCC2C(=O)NC1CCN(Cc2ccccc2C(F)(F)F)C1. The maximum absolute atomic E-state index is 13.4. The number of benzene rings is 2. The number of nitrogens with zero attached hydrogens (tertiary/aromatic N) is 2. The average Bonchev–Trinajstić information content (AvgIpc) is 3.53. The van der Waals surface area contributed by atoms with Crippen LogP contribution in [-0.2, 0) is 28.7 Å². The number of halogens is 3. The van der Waals surface area contributed by atoms with Crippen molar-refractivity contribution in [1.29, 1.82) is 0 Å². The predicted octanol–water partition coefficient (Wildman–Crippen LogP) is 4.99. The van der Waals surface area contributed by atoms with E-state index < -0.39 is 17.7 Å². The number of carbonyl (C=O) groups excluding carboxylic acids is 2. The van der Waals surface area contributed by atoms with Crippen molar-refractivity contribution in [3.63, 3.8) is 0 Å². The summed E-state index contributed by atoms with van der Waals surface area (Å²) in [5.74, 6) is -0.285. The Morgan fingerprint density at radius 2 is 1.85 bits per heavy atom. The molecule has 7 nitrogen and oxygen atoms in total. The lowest BCUT2D eigenvalue weighted by Gasteiger charge is -2.23. The van der Waals surface area contributed by atoms with E-state index in [0.717, 1.165) is 23.8 Å². The molecule has 39 heavy (non-hydrogen) atoms. The van der Waals surface area contributed by atoms with Gasteiger partial charge in [-0.15, -0.1) is 11.3 Å². The van der Waals surface area contributed by atoms with E-state index in [4.69, 9.17) is 4.74 Å². The van der Waals surface area contributed by atoms with Gasteiger partial charge in [-0.3, -0.25) is 19.8 Å². The molecule has 5 rings (SSSR count). The second kappa shape index (κ2) is 11.7. The van der Waals surface area contributed by atoms with Gasteiger partial charge in [0, 0.05) is 30.6 Å². The molecule has 2 unspecified atom stereocenters. The second-order valence-corrected chi connectivity index (χ2v) is 10.9. The lowest BCUT2D eigenvalue weighted by atomic mass is 9.90. The molecule has 206 valence electrons. The van der Waals surface area contributed by atoms with Crippen LogP contribution in [0.3, 0.4) is 0 Å². The van der Waals surface area contributed by atoms with Crippen molar-refractivity contribution in [3.8, 4) is 5.75 Å². The van der Waals surface area contributed by atoms with Crippen LogP contribution in [0.15, 0.2) is 54.6 Å². The first-order valence-corrected chi connectivity index (χ1v) is 13.7. The fourth-order valence-corrected chi connectivity index (χ4v) is 6.20. The molecule has 2 amide bonds. The van der Waals surface area contributed by atoms with Gasteiger partial charge in [0.05, 0.1) is 17.2 Å². The number of likely N-dealkylation sites (tertiary alicyclic amines) is 1. The first-order chi connectivity index (χ1) is 18.8. The fourth-order valence-electron chi connectivity index (χ4n) is 5.12. The average molecular weight is 559 g/mol. The number of carbonyl (C=O) groups is 2. The highest BCUT2D eigenvalue weighted by Gasteiger charge is 2.35. The second-order valence-electron chi connectivity index (χ2n) is 9.81. The molecular formula is C28H29F3N4O3S. The number of anilines is 1. The Bertz CT molecular complexity index is 1310. The molecule has 2 atom stereocenters. The summed E-state index contributed by atoms with van der Waals surface area (Å²) in [5, 5.41) is 6.31. The number of hydrogen-bond donors (Lipinski definition) is 2. The molecule has 1 aromatic heterocycles. The van der Waals surface area contributed by atoms with Crippen LogP contribution < -0.4 is 15.4 Å². The number of ether oxygens (including phenoxy) is 1. The van der Waals surface area contributed by atoms with Gasteiger partial charge >= 0.3 is 6.18 Å². The van der Waals surface area contributed by atoms with Crippen LogP contribution >= 0.6 is 11.3 Å². The molecule has 1 aliphatic heterocycles. The Balaban J connectivity index is 1.16. The number of amides is 2. The summed E-state index contributed by atoms with van der Waals surface area (Å²) in [6, 6.07) is 14.5. The Kier molecular flexibility index (Phi) is 8.18. The van der Waals surface area contributed by atoms with Gasteiger partial charge < -0.3 is 10.1 Å². The Labute approximate surface area is 228 Å². The molecule has 1 saturated heterocycles. The number of alkyl halides is 3. The minimum Gasteiger partial charge on any atom is -0.484 e. The molecule has 1 fully saturated rings. The number of aryl methyl sites for hydroxylation is 1. The minimum absolute atomic E-state index is 0.130. The maximum atomic E-state index is 13.4. The van der Waals surface area contributed by atoms with E-state index in [1.165, 1.54) is 23.5 Å². The van der Waals surface area contributed by atoms with Gasteiger partial charge in [-0.05, 0) is 49.4 Å². The van der Waals surface area contributed by atoms with E-state index in [-0.39, 0.29) is 36.6 Å². The highest BCUT2D eigenvalue weighted by molar-refractivity contribution is 7.15. The third kappa shape index (κ3) is 6.77. The van der Waals surface area contributed by atoms with Crippen LogP contribution in [0, 0.1) is 0 Å². The van der Waals surface area contributed by atoms with E-state index in [2.05, 4.69) is 15.6 Å². The van der Waals surface area contributed by atoms with Crippen LogP contribution in [0.2, 0.25) is 0 Å². The van der Waals surface area contributed by atoms with Crippen molar-refractivity contribution < 1.29 is 27.5 Å². The monoisotopic (exact) mass is 558 g/mol. The molecular weight excluding hydrogens is 529 g/mol. The fraction of sp³-hybridized carbons (Fsp3) is 0.393. The third-order valence-corrected chi connectivity index (χ3v) is 8.01. The van der Waals surface area contributed by atoms with Crippen molar-refractivity contribution in [2.45, 2.75) is 50.4 Å². The molecule has 2 N–H and O–H groups in total. The van der Waals surface area contributed by atoms with Crippen molar-refractivity contribution in [2.75, 3.05) is 25.0 Å². The van der Waals surface area contributed by atoms with Crippen molar-refractivity contribution in [2.24, 2.45) is 0 Å². The number of hydrogen-bond acceptors (Lipinski definition) is 6. The quantitative estimate of drug-likeness (QED) is 0.407. The molecule has 1 aliphatic carbocycles. The number of aromatic nitrogens is 1. The zero-order chi connectivity index (χ0) is 27.4. The normalized spacial score (nSPS) is 19.4. The summed E-state index contributed by atoms with van der Waals surface area (Å²) in [6.45, 7) is 1.12. The molecule has 2 aliphatic rings. The molecule has 0 radical (unpaired) electrons. The molecule has 0 bridgehead atoms. The van der Waals surface area contributed by atoms with E-state index in [1.54, 1.807) is 18.2 Å². The summed E-state index contributed by atoms with van der Waals surface area (Å²) in [5.41, 5.74) is 0.308. The van der Waals surface area contributed by atoms with Crippen molar-refractivity contribution in [1.82, 2.24) is 15.2 Å². The largest absolute Gasteiger partial charge is 0.484 e. The summed E-state index contributed by atoms with van der Waals surface area (Å²) in [6.07, 6.45) is -1.45. The first-order valence-electron chi connectivity index (χ1n) is 12.9. The number of fused-ring (bicyclic) bond motifs is 1. The predicted molar refractivity (Wildman–Crippen MR) is 142 cm³/mol. The first kappa shape index (κ1) is 27.1. The number of nitrogens with one attached hydrogen (secondary N) is 2. The number of rotatable bonds is 8. The molecule has 0 saturated carbocycles. The molecule has 0 spiro atoms. The van der Waals surface area contributed by atoms with Gasteiger partial charge in [-0.25, -0.2) is 4.98 Å². The zero-order valence-electron chi connectivity index (χ0n) is 21.2. The molecule has 2 heterocycles. The Morgan fingerprint density at radius 1 is 1.08 bits per heavy atom. The highest BCUT2D eigenvalue weighted by atomic mass is 32.1. The lowest BCUT2D eigenvalue weighted by Crippen LogP contribution is -2.40. The van der Waals surface area contributed by atoms with Crippen LogP contribution in [0.4, 0.5) is 18.3 Å². The van der Waals surface area contributed by atoms with E-state index in [1.807, 2.05) is 23.1 Å². The lowest BCUT2D eigenvalue weighted by molar-refractivity contribution is -0.138. The van der Waals surface area contributed by atoms with E-state index in [0.29, 0.717) is 42.5 Å². The van der Waals surface area contributed by atoms with Gasteiger partial charge in [0.25, 0.3) is 5.91 Å². The summed E-state index contributed by atoms with van der Waals surface area (Å²) >= 11 is 1.38. The summed E-state index contributed by atoms with van der Waals surface area (Å²) in [7, 11) is 0. The maximum Gasteiger partial charge on any atom is 0.416 e. The van der Waals surface area contributed by atoms with E-state index in [9.17, 15) is 22.8 Å². The van der Waals surface area contributed by atoms with Gasteiger partial charge in [0.15, 0.2) is 11.7 Å². The molecule has 3 aromatic rings. The summed E-state index contributed by atoms with van der Waals surface area (Å²) in [4.78, 5) is 33.1. The zero-order valence-corrected chi connectivity index (χ0v) is 22.0. The van der Waals surface area contributed by atoms with Gasteiger partial charge in [-0.2, -0.15) is 13.2 Å².